The summed E-state index contributed by atoms with van der Waals surface area (Å²) in [4.78, 5) is 1.36. The van der Waals surface area contributed by atoms with Crippen LogP contribution in [0.3, 0.4) is 0 Å². The van der Waals surface area contributed by atoms with Crippen LogP contribution in [0.4, 0.5) is 0 Å². The second-order valence-corrected chi connectivity index (χ2v) is 6.60. The monoisotopic (exact) mass is 301 g/mol. The van der Waals surface area contributed by atoms with Crippen LogP contribution in [-0.4, -0.2) is 13.7 Å². The van der Waals surface area contributed by atoms with Crippen LogP contribution in [0.15, 0.2) is 29.6 Å². The molecule has 0 aliphatic heterocycles. The van der Waals surface area contributed by atoms with Gasteiger partial charge in [-0.15, -0.1) is 11.3 Å². The molecule has 1 aromatic carbocycles. The van der Waals surface area contributed by atoms with Crippen molar-refractivity contribution in [2.24, 2.45) is 0 Å². The van der Waals surface area contributed by atoms with Crippen LogP contribution < -0.4 is 10.1 Å². The van der Waals surface area contributed by atoms with E-state index in [0.717, 1.165) is 18.7 Å². The van der Waals surface area contributed by atoms with E-state index in [4.69, 9.17) is 4.74 Å². The zero-order valence-corrected chi connectivity index (χ0v) is 13.6. The lowest BCUT2D eigenvalue weighted by atomic mass is 10.00. The number of aryl methyl sites for hydroxylation is 2. The first-order valence-corrected chi connectivity index (χ1v) is 8.64. The molecule has 1 heterocycles. The molecule has 3 rings (SSSR count). The maximum Gasteiger partial charge on any atom is 0.129 e. The van der Waals surface area contributed by atoms with E-state index in [-0.39, 0.29) is 0 Å². The first-order chi connectivity index (χ1) is 10.3. The van der Waals surface area contributed by atoms with Gasteiger partial charge in [0.2, 0.25) is 0 Å². The largest absolute Gasteiger partial charge is 0.496 e. The van der Waals surface area contributed by atoms with E-state index >= 15 is 0 Å². The Morgan fingerprint density at radius 3 is 2.86 bits per heavy atom. The van der Waals surface area contributed by atoms with Crippen molar-refractivity contribution in [3.05, 3.63) is 51.2 Å². The Morgan fingerprint density at radius 2 is 2.10 bits per heavy atom. The Labute approximate surface area is 131 Å². The van der Waals surface area contributed by atoms with Crippen LogP contribution in [0.1, 0.15) is 41.0 Å². The standard InChI is InChI=1S/C18H23NOS/c1-3-19-17(18-11-16(20-2)12-21-18)10-13-7-8-14-5-4-6-15(14)9-13/h7-9,11-12,17,19H,3-6,10H2,1-2H3. The molecule has 1 unspecified atom stereocenters. The van der Waals surface area contributed by atoms with Crippen molar-refractivity contribution in [3.63, 3.8) is 0 Å². The molecular weight excluding hydrogens is 278 g/mol. The quantitative estimate of drug-likeness (QED) is 0.866. The molecule has 1 aliphatic carbocycles. The van der Waals surface area contributed by atoms with Crippen molar-refractivity contribution in [1.29, 1.82) is 0 Å². The second-order valence-electron chi connectivity index (χ2n) is 5.66. The molecule has 2 aromatic rings. The molecule has 1 aliphatic rings. The summed E-state index contributed by atoms with van der Waals surface area (Å²) in [6.07, 6.45) is 4.87. The van der Waals surface area contributed by atoms with Gasteiger partial charge in [0, 0.05) is 16.3 Å². The summed E-state index contributed by atoms with van der Waals surface area (Å²) in [5, 5.41) is 5.69. The fraction of sp³-hybridized carbons (Fsp3) is 0.444. The number of likely N-dealkylation sites (N-methyl/N-ethyl adjacent to an activating group) is 1. The van der Waals surface area contributed by atoms with E-state index < -0.39 is 0 Å². The van der Waals surface area contributed by atoms with Gasteiger partial charge >= 0.3 is 0 Å². The molecule has 1 N–H and O–H groups in total. The third-order valence-corrected chi connectivity index (χ3v) is 5.25. The molecule has 3 heteroatoms. The first kappa shape index (κ1) is 14.6. The predicted octanol–water partition coefficient (Wildman–Crippen LogP) is 4.14. The number of ether oxygens (including phenoxy) is 1. The van der Waals surface area contributed by atoms with Crippen molar-refractivity contribution in [3.8, 4) is 5.75 Å². The molecular formula is C18H23NOS. The van der Waals surface area contributed by atoms with Gasteiger partial charge in [0.1, 0.15) is 5.75 Å². The number of hydrogen-bond donors (Lipinski definition) is 1. The minimum absolute atomic E-state index is 0.378. The average molecular weight is 301 g/mol. The molecule has 0 amide bonds. The van der Waals surface area contributed by atoms with Gasteiger partial charge < -0.3 is 10.1 Å². The van der Waals surface area contributed by atoms with Crippen molar-refractivity contribution in [2.45, 2.75) is 38.6 Å². The number of nitrogens with one attached hydrogen (secondary N) is 1. The Balaban J connectivity index is 1.78. The lowest BCUT2D eigenvalue weighted by Crippen LogP contribution is -2.22. The van der Waals surface area contributed by atoms with Crippen LogP contribution in [0.5, 0.6) is 5.75 Å². The summed E-state index contributed by atoms with van der Waals surface area (Å²) in [6.45, 7) is 3.15. The van der Waals surface area contributed by atoms with E-state index in [2.05, 4.69) is 41.9 Å². The van der Waals surface area contributed by atoms with E-state index in [9.17, 15) is 0 Å². The summed E-state index contributed by atoms with van der Waals surface area (Å²) in [6, 6.07) is 9.58. The number of rotatable bonds is 6. The highest BCUT2D eigenvalue weighted by atomic mass is 32.1. The van der Waals surface area contributed by atoms with Gasteiger partial charge in [-0.2, -0.15) is 0 Å². The van der Waals surface area contributed by atoms with E-state index in [0.29, 0.717) is 6.04 Å². The molecule has 0 saturated heterocycles. The summed E-state index contributed by atoms with van der Waals surface area (Å²) in [5.74, 6) is 0.965. The molecule has 0 saturated carbocycles. The minimum atomic E-state index is 0.378. The fourth-order valence-corrected chi connectivity index (χ4v) is 4.06. The lowest BCUT2D eigenvalue weighted by Gasteiger charge is -2.17. The molecule has 1 aromatic heterocycles. The van der Waals surface area contributed by atoms with Crippen LogP contribution >= 0.6 is 11.3 Å². The fourth-order valence-electron chi connectivity index (χ4n) is 3.13. The van der Waals surface area contributed by atoms with Crippen LogP contribution in [0.25, 0.3) is 0 Å². The van der Waals surface area contributed by atoms with Gasteiger partial charge in [-0.1, -0.05) is 25.1 Å². The first-order valence-electron chi connectivity index (χ1n) is 7.76. The van der Waals surface area contributed by atoms with Gasteiger partial charge in [0.05, 0.1) is 7.11 Å². The van der Waals surface area contributed by atoms with Gasteiger partial charge in [0.15, 0.2) is 0 Å². The van der Waals surface area contributed by atoms with Crippen LogP contribution in [-0.2, 0) is 19.3 Å². The average Bonchev–Trinajstić information content (AvgIpc) is 3.15. The third kappa shape index (κ3) is 3.30. The molecule has 0 bridgehead atoms. The number of fused-ring (bicyclic) bond motifs is 1. The van der Waals surface area contributed by atoms with E-state index in [1.807, 2.05) is 0 Å². The molecule has 21 heavy (non-hydrogen) atoms. The van der Waals surface area contributed by atoms with Crippen molar-refractivity contribution >= 4 is 11.3 Å². The highest BCUT2D eigenvalue weighted by molar-refractivity contribution is 7.10. The molecule has 2 nitrogen and oxygen atoms in total. The number of thiophene rings is 1. The predicted molar refractivity (Wildman–Crippen MR) is 89.5 cm³/mol. The summed E-state index contributed by atoms with van der Waals surface area (Å²) >= 11 is 1.78. The zero-order chi connectivity index (χ0) is 14.7. The number of methoxy groups -OCH3 is 1. The van der Waals surface area contributed by atoms with Gasteiger partial charge in [-0.25, -0.2) is 0 Å². The summed E-state index contributed by atoms with van der Waals surface area (Å²) in [5.41, 5.74) is 4.55. The molecule has 0 spiro atoms. The topological polar surface area (TPSA) is 21.3 Å². The van der Waals surface area contributed by atoms with Crippen molar-refractivity contribution < 1.29 is 4.74 Å². The number of hydrogen-bond acceptors (Lipinski definition) is 3. The Kier molecular flexibility index (Phi) is 4.61. The number of benzene rings is 1. The zero-order valence-electron chi connectivity index (χ0n) is 12.8. The Morgan fingerprint density at radius 1 is 1.24 bits per heavy atom. The maximum absolute atomic E-state index is 5.32. The van der Waals surface area contributed by atoms with Gasteiger partial charge in [-0.05, 0) is 55.0 Å². The van der Waals surface area contributed by atoms with Gasteiger partial charge in [0.25, 0.3) is 0 Å². The van der Waals surface area contributed by atoms with Gasteiger partial charge in [-0.3, -0.25) is 0 Å². The molecule has 1 atom stereocenters. The SMILES string of the molecule is CCNC(Cc1ccc2c(c1)CCC2)c1cc(OC)cs1. The normalized spacial score (nSPS) is 15.0. The Hall–Kier alpha value is -1.32. The van der Waals surface area contributed by atoms with Crippen LogP contribution in [0.2, 0.25) is 0 Å². The summed E-state index contributed by atoms with van der Waals surface area (Å²) < 4.78 is 5.32. The summed E-state index contributed by atoms with van der Waals surface area (Å²) in [7, 11) is 1.73. The maximum atomic E-state index is 5.32. The van der Waals surface area contributed by atoms with Crippen molar-refractivity contribution in [2.75, 3.05) is 13.7 Å². The highest BCUT2D eigenvalue weighted by Gasteiger charge is 2.16. The highest BCUT2D eigenvalue weighted by Crippen LogP contribution is 2.30. The minimum Gasteiger partial charge on any atom is -0.496 e. The van der Waals surface area contributed by atoms with Crippen molar-refractivity contribution in [1.82, 2.24) is 5.32 Å². The third-order valence-electron chi connectivity index (χ3n) is 4.23. The molecule has 0 radical (unpaired) electrons. The molecule has 0 fully saturated rings. The molecule has 112 valence electrons. The van der Waals surface area contributed by atoms with E-state index in [1.54, 1.807) is 29.6 Å². The smallest absolute Gasteiger partial charge is 0.129 e. The Bertz CT molecular complexity index is 605. The second kappa shape index (κ2) is 6.63. The van der Waals surface area contributed by atoms with Crippen LogP contribution in [0, 0.1) is 0 Å². The lowest BCUT2D eigenvalue weighted by molar-refractivity contribution is 0.415. The van der Waals surface area contributed by atoms with E-state index in [1.165, 1.54) is 29.7 Å².